The molecule has 26 heavy (non-hydrogen) atoms. The van der Waals surface area contributed by atoms with Crippen molar-refractivity contribution in [1.82, 2.24) is 10.2 Å². The first-order valence-electron chi connectivity index (χ1n) is 9.17. The van der Waals surface area contributed by atoms with Gasteiger partial charge in [-0.3, -0.25) is 4.79 Å². The van der Waals surface area contributed by atoms with Gasteiger partial charge in [-0.1, -0.05) is 30.3 Å². The van der Waals surface area contributed by atoms with Crippen molar-refractivity contribution in [3.63, 3.8) is 0 Å². The molecule has 1 amide bonds. The third-order valence-electron chi connectivity index (χ3n) is 4.32. The number of amides is 1. The van der Waals surface area contributed by atoms with Crippen molar-refractivity contribution in [2.24, 2.45) is 5.92 Å². The molecule has 1 aromatic rings. The fourth-order valence-electron chi connectivity index (χ4n) is 3.11. The number of carbonyl (C=O) groups excluding carboxylic acids is 2. The van der Waals surface area contributed by atoms with Gasteiger partial charge in [0.25, 0.3) is 0 Å². The van der Waals surface area contributed by atoms with Crippen LogP contribution < -0.4 is 5.32 Å². The van der Waals surface area contributed by atoms with Crippen LogP contribution in [0.5, 0.6) is 0 Å². The highest BCUT2D eigenvalue weighted by Gasteiger charge is 2.42. The molecule has 0 bridgehead atoms. The molecule has 1 fully saturated rings. The van der Waals surface area contributed by atoms with E-state index in [1.165, 1.54) is 0 Å². The first-order chi connectivity index (χ1) is 12.2. The van der Waals surface area contributed by atoms with E-state index in [0.29, 0.717) is 19.7 Å². The Hall–Kier alpha value is -2.08. The molecular weight excluding hydrogens is 332 g/mol. The summed E-state index contributed by atoms with van der Waals surface area (Å²) in [6.45, 7) is 10.4. The molecule has 0 spiro atoms. The topological polar surface area (TPSA) is 67.9 Å². The van der Waals surface area contributed by atoms with Gasteiger partial charge in [-0.15, -0.1) is 0 Å². The van der Waals surface area contributed by atoms with Crippen LogP contribution in [0.4, 0.5) is 4.79 Å². The van der Waals surface area contributed by atoms with E-state index >= 15 is 0 Å². The summed E-state index contributed by atoms with van der Waals surface area (Å²) in [6, 6.07) is 9.88. The van der Waals surface area contributed by atoms with Gasteiger partial charge in [0.2, 0.25) is 0 Å². The van der Waals surface area contributed by atoms with Gasteiger partial charge < -0.3 is 19.7 Å². The predicted molar refractivity (Wildman–Crippen MR) is 99.7 cm³/mol. The Morgan fingerprint density at radius 3 is 2.46 bits per heavy atom. The largest absolute Gasteiger partial charge is 0.460 e. The standard InChI is InChI=1S/C20H30N2O4/c1-6-25-19(24)22-12-16(18(23)26-20(3,4)5)17(13-22)21-14(2)15-10-8-7-9-11-15/h7-11,14,16-17,21H,6,12-13H2,1-5H3/t14-,16+,17+/m1/s1. The summed E-state index contributed by atoms with van der Waals surface area (Å²) in [5.41, 5.74) is 0.564. The fourth-order valence-corrected chi connectivity index (χ4v) is 3.11. The van der Waals surface area contributed by atoms with Crippen LogP contribution in [0.2, 0.25) is 0 Å². The third kappa shape index (κ3) is 5.46. The Kier molecular flexibility index (Phi) is 6.64. The second-order valence-electron chi connectivity index (χ2n) is 7.65. The number of carbonyl (C=O) groups is 2. The Labute approximate surface area is 155 Å². The molecule has 2 rings (SSSR count). The molecule has 3 atom stereocenters. The minimum Gasteiger partial charge on any atom is -0.460 e. The SMILES string of the molecule is CCOC(=O)N1C[C@H](N[C@H](C)c2ccccc2)[C@@H](C(=O)OC(C)(C)C)C1. The van der Waals surface area contributed by atoms with Crippen LogP contribution in [0, 0.1) is 5.92 Å². The lowest BCUT2D eigenvalue weighted by atomic mass is 10.0. The highest BCUT2D eigenvalue weighted by molar-refractivity contribution is 5.77. The number of likely N-dealkylation sites (tertiary alicyclic amines) is 1. The average Bonchev–Trinajstić information content (AvgIpc) is 2.98. The van der Waals surface area contributed by atoms with Crippen molar-refractivity contribution in [2.75, 3.05) is 19.7 Å². The second kappa shape index (κ2) is 8.54. The molecule has 1 aliphatic heterocycles. The van der Waals surface area contributed by atoms with Crippen molar-refractivity contribution >= 4 is 12.1 Å². The zero-order valence-corrected chi connectivity index (χ0v) is 16.3. The molecule has 6 nitrogen and oxygen atoms in total. The smallest absolute Gasteiger partial charge is 0.409 e. The third-order valence-corrected chi connectivity index (χ3v) is 4.32. The van der Waals surface area contributed by atoms with E-state index < -0.39 is 17.6 Å². The molecular formula is C20H30N2O4. The van der Waals surface area contributed by atoms with Gasteiger partial charge >= 0.3 is 12.1 Å². The molecule has 144 valence electrons. The van der Waals surface area contributed by atoms with Crippen LogP contribution in [-0.4, -0.2) is 48.3 Å². The van der Waals surface area contributed by atoms with Crippen LogP contribution in [0.3, 0.4) is 0 Å². The lowest BCUT2D eigenvalue weighted by Gasteiger charge is -2.26. The van der Waals surface area contributed by atoms with E-state index in [4.69, 9.17) is 9.47 Å². The summed E-state index contributed by atoms with van der Waals surface area (Å²) in [6.07, 6.45) is -0.391. The minimum atomic E-state index is -0.565. The monoisotopic (exact) mass is 362 g/mol. The normalized spacial score (nSPS) is 21.3. The molecule has 1 heterocycles. The number of benzene rings is 1. The Balaban J connectivity index is 2.13. The predicted octanol–water partition coefficient (Wildman–Crippen LogP) is 3.14. The van der Waals surface area contributed by atoms with Gasteiger partial charge in [-0.25, -0.2) is 4.79 Å². The maximum Gasteiger partial charge on any atom is 0.409 e. The number of esters is 1. The van der Waals surface area contributed by atoms with Crippen LogP contribution in [-0.2, 0) is 14.3 Å². The van der Waals surface area contributed by atoms with Gasteiger partial charge in [0.15, 0.2) is 0 Å². The Bertz CT molecular complexity index is 612. The van der Waals surface area contributed by atoms with Crippen molar-refractivity contribution in [2.45, 2.75) is 52.3 Å². The molecule has 0 radical (unpaired) electrons. The number of ether oxygens (including phenoxy) is 2. The number of nitrogens with zero attached hydrogens (tertiary/aromatic N) is 1. The first-order valence-corrected chi connectivity index (χ1v) is 9.17. The maximum absolute atomic E-state index is 12.7. The molecule has 1 aliphatic rings. The van der Waals surface area contributed by atoms with E-state index in [1.807, 2.05) is 51.1 Å². The Morgan fingerprint density at radius 1 is 1.23 bits per heavy atom. The number of hydrogen-bond acceptors (Lipinski definition) is 5. The first kappa shape index (κ1) is 20.2. The van der Waals surface area contributed by atoms with Gasteiger partial charge in [-0.2, -0.15) is 0 Å². The summed E-state index contributed by atoms with van der Waals surface area (Å²) >= 11 is 0. The van der Waals surface area contributed by atoms with E-state index in [-0.39, 0.29) is 18.1 Å². The maximum atomic E-state index is 12.7. The molecule has 1 saturated heterocycles. The van der Waals surface area contributed by atoms with Gasteiger partial charge in [0.05, 0.1) is 12.5 Å². The summed E-state index contributed by atoms with van der Waals surface area (Å²) < 4.78 is 10.7. The molecule has 0 saturated carbocycles. The fraction of sp³-hybridized carbons (Fsp3) is 0.600. The van der Waals surface area contributed by atoms with E-state index in [9.17, 15) is 9.59 Å². The molecule has 1 aromatic carbocycles. The number of rotatable bonds is 5. The molecule has 6 heteroatoms. The minimum absolute atomic E-state index is 0.0493. The summed E-state index contributed by atoms with van der Waals surface area (Å²) in [7, 11) is 0. The van der Waals surface area contributed by atoms with Gasteiger partial charge in [0, 0.05) is 25.2 Å². The lowest BCUT2D eigenvalue weighted by molar-refractivity contribution is -0.160. The van der Waals surface area contributed by atoms with Crippen LogP contribution >= 0.6 is 0 Å². The second-order valence-corrected chi connectivity index (χ2v) is 7.65. The Morgan fingerprint density at radius 2 is 1.88 bits per heavy atom. The zero-order chi connectivity index (χ0) is 19.3. The average molecular weight is 362 g/mol. The van der Waals surface area contributed by atoms with Gasteiger partial charge in [0.1, 0.15) is 5.60 Å². The highest BCUT2D eigenvalue weighted by atomic mass is 16.6. The van der Waals surface area contributed by atoms with Crippen molar-refractivity contribution in [3.8, 4) is 0 Å². The van der Waals surface area contributed by atoms with Gasteiger partial charge in [-0.05, 0) is 40.2 Å². The van der Waals surface area contributed by atoms with Crippen LogP contribution in [0.1, 0.15) is 46.2 Å². The summed E-state index contributed by atoms with van der Waals surface area (Å²) in [5, 5.41) is 3.49. The number of nitrogens with one attached hydrogen (secondary N) is 1. The summed E-state index contributed by atoms with van der Waals surface area (Å²) in [4.78, 5) is 26.4. The van der Waals surface area contributed by atoms with Crippen LogP contribution in [0.25, 0.3) is 0 Å². The highest BCUT2D eigenvalue weighted by Crippen LogP contribution is 2.25. The quantitative estimate of drug-likeness (QED) is 0.815. The van der Waals surface area contributed by atoms with E-state index in [0.717, 1.165) is 5.56 Å². The lowest BCUT2D eigenvalue weighted by Crippen LogP contribution is -2.43. The molecule has 0 aromatic heterocycles. The van der Waals surface area contributed by atoms with Crippen LogP contribution in [0.15, 0.2) is 30.3 Å². The molecule has 1 N–H and O–H groups in total. The zero-order valence-electron chi connectivity index (χ0n) is 16.3. The van der Waals surface area contributed by atoms with E-state index in [1.54, 1.807) is 11.8 Å². The van der Waals surface area contributed by atoms with Crippen molar-refractivity contribution < 1.29 is 19.1 Å². The summed E-state index contributed by atoms with van der Waals surface area (Å²) in [5.74, 6) is -0.716. The van der Waals surface area contributed by atoms with Crippen molar-refractivity contribution in [1.29, 1.82) is 0 Å². The van der Waals surface area contributed by atoms with Crippen molar-refractivity contribution in [3.05, 3.63) is 35.9 Å². The molecule has 0 unspecified atom stereocenters. The molecule has 0 aliphatic carbocycles. The van der Waals surface area contributed by atoms with E-state index in [2.05, 4.69) is 12.2 Å². The number of hydrogen-bond donors (Lipinski definition) is 1.